The van der Waals surface area contributed by atoms with Crippen molar-refractivity contribution in [3.63, 3.8) is 0 Å². The largest absolute Gasteiger partial charge is 0.478 e. The molecule has 0 saturated heterocycles. The summed E-state index contributed by atoms with van der Waals surface area (Å²) in [4.78, 5) is 0. The van der Waals surface area contributed by atoms with E-state index in [2.05, 4.69) is 0 Å². The minimum Gasteiger partial charge on any atom is -0.478 e. The highest BCUT2D eigenvalue weighted by molar-refractivity contribution is 5.80. The molecule has 0 bridgehead atoms. The number of ether oxygens (including phenoxy) is 2. The third-order valence-corrected chi connectivity index (χ3v) is 7.44. The summed E-state index contributed by atoms with van der Waals surface area (Å²) in [6.07, 6.45) is 2.31. The van der Waals surface area contributed by atoms with Crippen molar-refractivity contribution in [2.75, 3.05) is 0 Å². The maximum absolute atomic E-state index is 15.2. The van der Waals surface area contributed by atoms with Crippen LogP contribution >= 0.6 is 0 Å². The second-order valence-corrected chi connectivity index (χ2v) is 9.32. The predicted octanol–water partition coefficient (Wildman–Crippen LogP) is 7.17. The Labute approximate surface area is 196 Å². The molecule has 1 fully saturated rings. The van der Waals surface area contributed by atoms with Crippen molar-refractivity contribution in [1.29, 1.82) is 0 Å². The normalized spacial score (nSPS) is 31.2. The topological polar surface area (TPSA) is 18.5 Å². The van der Waals surface area contributed by atoms with Crippen LogP contribution in [0.3, 0.4) is 0 Å². The summed E-state index contributed by atoms with van der Waals surface area (Å²) in [7, 11) is 0. The molecular formula is C27H18F6O2. The molecule has 2 aromatic carbocycles. The van der Waals surface area contributed by atoms with E-state index in [1.165, 1.54) is 13.8 Å². The molecule has 0 aromatic heterocycles. The number of halogens is 6. The molecular weight excluding hydrogens is 470 g/mol. The van der Waals surface area contributed by atoms with Crippen molar-refractivity contribution in [2.45, 2.75) is 42.8 Å². The van der Waals surface area contributed by atoms with Crippen LogP contribution in [0.25, 0.3) is 11.5 Å². The Morgan fingerprint density at radius 2 is 0.886 bits per heavy atom. The molecule has 0 N–H and O–H groups in total. The van der Waals surface area contributed by atoms with Gasteiger partial charge in [0.25, 0.3) is 0 Å². The number of benzene rings is 2. The van der Waals surface area contributed by atoms with E-state index in [-0.39, 0.29) is 11.5 Å². The lowest BCUT2D eigenvalue weighted by Crippen LogP contribution is -2.55. The highest BCUT2D eigenvalue weighted by atomic mass is 19.3. The van der Waals surface area contributed by atoms with Crippen molar-refractivity contribution >= 4 is 11.5 Å². The lowest BCUT2D eigenvalue weighted by molar-refractivity contribution is -0.258. The fourth-order valence-corrected chi connectivity index (χ4v) is 5.40. The van der Waals surface area contributed by atoms with Crippen molar-refractivity contribution in [2.24, 2.45) is 0 Å². The van der Waals surface area contributed by atoms with E-state index >= 15 is 17.6 Å². The zero-order chi connectivity index (χ0) is 25.0. The Balaban J connectivity index is 1.68. The van der Waals surface area contributed by atoms with Gasteiger partial charge in [-0.15, -0.1) is 0 Å². The van der Waals surface area contributed by atoms with Crippen LogP contribution < -0.4 is 0 Å². The molecule has 35 heavy (non-hydrogen) atoms. The van der Waals surface area contributed by atoms with Gasteiger partial charge in [-0.25, -0.2) is 0 Å². The Morgan fingerprint density at radius 1 is 0.543 bits per heavy atom. The number of rotatable bonds is 2. The quantitative estimate of drug-likeness (QED) is 0.417. The maximum Gasteiger partial charge on any atom is 0.380 e. The van der Waals surface area contributed by atoms with Gasteiger partial charge in [-0.05, 0) is 26.0 Å². The fourth-order valence-electron chi connectivity index (χ4n) is 5.40. The van der Waals surface area contributed by atoms with Crippen LogP contribution in [0.5, 0.6) is 0 Å². The van der Waals surface area contributed by atoms with Crippen molar-refractivity contribution in [3.05, 3.63) is 106 Å². The Bertz CT molecular complexity index is 1280. The van der Waals surface area contributed by atoms with Crippen LogP contribution in [0.15, 0.2) is 95.1 Å². The van der Waals surface area contributed by atoms with E-state index in [9.17, 15) is 8.78 Å². The number of alkyl halides is 6. The monoisotopic (exact) mass is 488 g/mol. The zero-order valence-electron chi connectivity index (χ0n) is 18.5. The smallest absolute Gasteiger partial charge is 0.380 e. The molecule has 2 aromatic rings. The highest BCUT2D eigenvalue weighted by Gasteiger charge is 2.85. The molecule has 2 heterocycles. The molecule has 2 nitrogen and oxygen atoms in total. The standard InChI is InChI=1S/C27H18F6O2/c1-23-17(13-19(34-23)15-9-5-3-6-10-15)21-22(26(30,31)27(32,33)25(21,28)29)18-14-20(35-24(18,23)2)16-11-7-4-8-12-16/h3-14H,1-2H3. The van der Waals surface area contributed by atoms with Gasteiger partial charge >= 0.3 is 17.8 Å². The molecule has 2 aliphatic heterocycles. The summed E-state index contributed by atoms with van der Waals surface area (Å²) >= 11 is 0. The molecule has 2 atom stereocenters. The molecule has 1 saturated carbocycles. The number of fused-ring (bicyclic) bond motifs is 4. The van der Waals surface area contributed by atoms with Crippen LogP contribution in [0, 0.1) is 0 Å². The second-order valence-electron chi connectivity index (χ2n) is 9.32. The van der Waals surface area contributed by atoms with E-state index in [4.69, 9.17) is 9.47 Å². The van der Waals surface area contributed by atoms with Gasteiger partial charge in [-0.1, -0.05) is 60.7 Å². The molecule has 2 aliphatic carbocycles. The van der Waals surface area contributed by atoms with E-state index in [0.29, 0.717) is 11.1 Å². The highest BCUT2D eigenvalue weighted by Crippen LogP contribution is 2.70. The average Bonchev–Trinajstić information content (AvgIpc) is 3.40. The van der Waals surface area contributed by atoms with Gasteiger partial charge in [0, 0.05) is 33.4 Å². The number of hydrogen-bond acceptors (Lipinski definition) is 2. The maximum atomic E-state index is 15.2. The van der Waals surface area contributed by atoms with E-state index in [0.717, 1.165) is 12.2 Å². The van der Waals surface area contributed by atoms with Crippen molar-refractivity contribution in [1.82, 2.24) is 0 Å². The Hall–Kier alpha value is -3.42. The van der Waals surface area contributed by atoms with Crippen LogP contribution in [0.2, 0.25) is 0 Å². The van der Waals surface area contributed by atoms with Crippen LogP contribution in [-0.2, 0) is 9.47 Å². The average molecular weight is 488 g/mol. The second kappa shape index (κ2) is 6.42. The van der Waals surface area contributed by atoms with Crippen molar-refractivity contribution in [3.8, 4) is 0 Å². The van der Waals surface area contributed by atoms with Gasteiger partial charge in [0.2, 0.25) is 0 Å². The van der Waals surface area contributed by atoms with Gasteiger partial charge in [-0.2, -0.15) is 26.3 Å². The molecule has 180 valence electrons. The van der Waals surface area contributed by atoms with Gasteiger partial charge in [-0.3, -0.25) is 0 Å². The molecule has 6 rings (SSSR count). The molecule has 0 amide bonds. The SMILES string of the molecule is CC12OC(c3ccccc3)=CC1=C1C(=C3C=C(c4ccccc4)OC32C)C(F)(F)C(F)(F)C1(F)F. The molecule has 0 spiro atoms. The molecule has 8 heteroatoms. The minimum absolute atomic E-state index is 0.100. The van der Waals surface area contributed by atoms with E-state index < -0.39 is 51.3 Å². The van der Waals surface area contributed by atoms with Crippen molar-refractivity contribution < 1.29 is 35.8 Å². The molecule has 0 radical (unpaired) electrons. The fraction of sp³-hybridized carbons (Fsp3) is 0.259. The van der Waals surface area contributed by atoms with Crippen LogP contribution in [-0.4, -0.2) is 29.0 Å². The molecule has 2 unspecified atom stereocenters. The lowest BCUT2D eigenvalue weighted by Gasteiger charge is -2.46. The summed E-state index contributed by atoms with van der Waals surface area (Å²) in [5, 5.41) is 0. The number of allylic oxidation sites excluding steroid dienone is 2. The van der Waals surface area contributed by atoms with E-state index in [1.54, 1.807) is 60.7 Å². The predicted molar refractivity (Wildman–Crippen MR) is 117 cm³/mol. The Kier molecular flexibility index (Phi) is 4.05. The number of hydrogen-bond donors (Lipinski definition) is 0. The first-order valence-corrected chi connectivity index (χ1v) is 10.9. The lowest BCUT2D eigenvalue weighted by atomic mass is 9.67. The summed E-state index contributed by atoms with van der Waals surface area (Å²) in [5.41, 5.74) is -6.30. The first-order valence-electron chi connectivity index (χ1n) is 10.9. The summed E-state index contributed by atoms with van der Waals surface area (Å²) in [6, 6.07) is 16.8. The Morgan fingerprint density at radius 3 is 1.23 bits per heavy atom. The van der Waals surface area contributed by atoms with Crippen LogP contribution in [0.1, 0.15) is 25.0 Å². The first kappa shape index (κ1) is 22.1. The zero-order valence-corrected chi connectivity index (χ0v) is 18.5. The van der Waals surface area contributed by atoms with Crippen LogP contribution in [0.4, 0.5) is 26.3 Å². The molecule has 4 aliphatic rings. The third kappa shape index (κ3) is 2.42. The third-order valence-electron chi connectivity index (χ3n) is 7.44. The summed E-state index contributed by atoms with van der Waals surface area (Å²) in [6.45, 7) is 2.82. The summed E-state index contributed by atoms with van der Waals surface area (Å²) in [5.74, 6) is -15.7. The summed E-state index contributed by atoms with van der Waals surface area (Å²) < 4.78 is 103. The van der Waals surface area contributed by atoms with Gasteiger partial charge in [0.15, 0.2) is 11.2 Å². The van der Waals surface area contributed by atoms with Gasteiger partial charge in [0.1, 0.15) is 11.5 Å². The minimum atomic E-state index is -5.64. The van der Waals surface area contributed by atoms with E-state index in [1.807, 2.05) is 0 Å². The van der Waals surface area contributed by atoms with Gasteiger partial charge in [0.05, 0.1) is 0 Å². The van der Waals surface area contributed by atoms with Gasteiger partial charge < -0.3 is 9.47 Å². The first-order chi connectivity index (χ1) is 16.4.